The van der Waals surface area contributed by atoms with Gasteiger partial charge in [0.2, 0.25) is 0 Å². The van der Waals surface area contributed by atoms with Gasteiger partial charge >= 0.3 is 5.97 Å². The number of aliphatic imine (C=N–C) groups is 1. The molecule has 0 unspecified atom stereocenters. The molecule has 0 spiro atoms. The highest BCUT2D eigenvalue weighted by atomic mass is 127. The maximum atomic E-state index is 11.8. The quantitative estimate of drug-likeness (QED) is 0.301. The minimum Gasteiger partial charge on any atom is -0.466 e. The summed E-state index contributed by atoms with van der Waals surface area (Å²) in [6.07, 6.45) is 2.57. The Morgan fingerprint density at radius 3 is 2.71 bits per heavy atom. The molecule has 0 aromatic carbocycles. The molecule has 24 heavy (non-hydrogen) atoms. The Hall–Kier alpha value is -0.540. The van der Waals surface area contributed by atoms with E-state index in [0.717, 1.165) is 49.2 Å². The molecule has 1 aliphatic rings. The molecule has 1 aromatic heterocycles. The van der Waals surface area contributed by atoms with Gasteiger partial charge in [-0.05, 0) is 38.3 Å². The predicted octanol–water partition coefficient (Wildman–Crippen LogP) is 3.41. The molecule has 0 radical (unpaired) electrons. The van der Waals surface area contributed by atoms with Crippen LogP contribution in [0.3, 0.4) is 0 Å². The number of hydrogen-bond donors (Lipinski definition) is 1. The van der Waals surface area contributed by atoms with Crippen LogP contribution in [0.5, 0.6) is 0 Å². The number of nitrogens with zero attached hydrogens (tertiary/aromatic N) is 2. The molecule has 1 N–H and O–H groups in total. The molecule has 5 nitrogen and oxygen atoms in total. The van der Waals surface area contributed by atoms with Gasteiger partial charge in [-0.3, -0.25) is 9.79 Å². The zero-order valence-corrected chi connectivity index (χ0v) is 18.0. The van der Waals surface area contributed by atoms with Crippen LogP contribution in [-0.2, 0) is 16.0 Å². The number of rotatable bonds is 5. The number of halogens is 2. The first-order chi connectivity index (χ1) is 11.1. The summed E-state index contributed by atoms with van der Waals surface area (Å²) in [6.45, 7) is 4.78. The third kappa shape index (κ3) is 6.40. The number of piperidine rings is 1. The number of nitrogens with one attached hydrogen (secondary N) is 1. The summed E-state index contributed by atoms with van der Waals surface area (Å²) in [7, 11) is 1.79. The van der Waals surface area contributed by atoms with E-state index in [-0.39, 0.29) is 35.9 Å². The Morgan fingerprint density at radius 1 is 1.46 bits per heavy atom. The highest BCUT2D eigenvalue weighted by Gasteiger charge is 2.27. The molecule has 0 aliphatic carbocycles. The first kappa shape index (κ1) is 21.5. The van der Waals surface area contributed by atoms with E-state index in [2.05, 4.69) is 21.3 Å². The molecule has 1 aliphatic heterocycles. The summed E-state index contributed by atoms with van der Waals surface area (Å²) < 4.78 is 5.93. The number of ether oxygens (including phenoxy) is 1. The number of hydrogen-bond acceptors (Lipinski definition) is 4. The van der Waals surface area contributed by atoms with Crippen LogP contribution in [0.25, 0.3) is 0 Å². The molecule has 8 heteroatoms. The fourth-order valence-corrected chi connectivity index (χ4v) is 3.79. The highest BCUT2D eigenvalue weighted by Crippen LogP contribution is 2.21. The van der Waals surface area contributed by atoms with E-state index in [9.17, 15) is 4.79 Å². The number of likely N-dealkylation sites (tertiary alicyclic amines) is 1. The van der Waals surface area contributed by atoms with Gasteiger partial charge in [0.15, 0.2) is 5.96 Å². The van der Waals surface area contributed by atoms with Crippen LogP contribution >= 0.6 is 46.9 Å². The van der Waals surface area contributed by atoms with E-state index in [1.807, 2.05) is 13.0 Å². The highest BCUT2D eigenvalue weighted by molar-refractivity contribution is 14.0. The van der Waals surface area contributed by atoms with E-state index in [1.165, 1.54) is 4.88 Å². The number of thiophene rings is 1. The topological polar surface area (TPSA) is 53.9 Å². The molecule has 2 heterocycles. The molecule has 0 bridgehead atoms. The minimum atomic E-state index is -0.0651. The molecule has 1 aromatic rings. The molecule has 136 valence electrons. The average molecular weight is 486 g/mol. The van der Waals surface area contributed by atoms with Crippen LogP contribution in [0.15, 0.2) is 17.1 Å². The Kier molecular flexibility index (Phi) is 9.99. The van der Waals surface area contributed by atoms with E-state index < -0.39 is 0 Å². The van der Waals surface area contributed by atoms with Crippen molar-refractivity contribution in [1.82, 2.24) is 10.2 Å². The van der Waals surface area contributed by atoms with Crippen molar-refractivity contribution in [3.63, 3.8) is 0 Å². The lowest BCUT2D eigenvalue weighted by Gasteiger charge is -2.33. The number of carbonyl (C=O) groups excluding carboxylic acids is 1. The Morgan fingerprint density at radius 2 is 2.17 bits per heavy atom. The number of esters is 1. The van der Waals surface area contributed by atoms with Gasteiger partial charge in [-0.1, -0.05) is 11.6 Å². The summed E-state index contributed by atoms with van der Waals surface area (Å²) in [6, 6.07) is 3.98. The summed E-state index contributed by atoms with van der Waals surface area (Å²) in [5, 5.41) is 3.39. The standard InChI is InChI=1S/C16H24ClN3O2S.HI/c1-3-22-15(21)12-7-10-20(11-8-12)16(18-2)19-9-6-13-4-5-14(17)23-13;/h4-5,12H,3,6-11H2,1-2H3,(H,18,19);1H. The van der Waals surface area contributed by atoms with Crippen molar-refractivity contribution in [2.45, 2.75) is 26.2 Å². The number of guanidine groups is 1. The third-order valence-electron chi connectivity index (χ3n) is 3.91. The second kappa shape index (κ2) is 11.1. The lowest BCUT2D eigenvalue weighted by atomic mass is 9.97. The molecule has 0 amide bonds. The maximum absolute atomic E-state index is 11.8. The fourth-order valence-electron chi connectivity index (χ4n) is 2.70. The smallest absolute Gasteiger partial charge is 0.309 e. The van der Waals surface area contributed by atoms with Gasteiger partial charge in [-0.15, -0.1) is 35.3 Å². The van der Waals surface area contributed by atoms with Gasteiger partial charge in [-0.2, -0.15) is 0 Å². The fraction of sp³-hybridized carbons (Fsp3) is 0.625. The van der Waals surface area contributed by atoms with Crippen LogP contribution in [0.2, 0.25) is 4.34 Å². The predicted molar refractivity (Wildman–Crippen MR) is 111 cm³/mol. The third-order valence-corrected chi connectivity index (χ3v) is 5.20. The molecule has 1 saturated heterocycles. The first-order valence-electron chi connectivity index (χ1n) is 8.00. The van der Waals surface area contributed by atoms with Gasteiger partial charge in [0.25, 0.3) is 0 Å². The molecular formula is C16H25ClIN3O2S. The summed E-state index contributed by atoms with van der Waals surface area (Å²) >= 11 is 7.55. The van der Waals surface area contributed by atoms with E-state index in [0.29, 0.717) is 6.61 Å². The van der Waals surface area contributed by atoms with Crippen LogP contribution in [0, 0.1) is 5.92 Å². The van der Waals surface area contributed by atoms with Crippen LogP contribution in [0.1, 0.15) is 24.6 Å². The Bertz CT molecular complexity index is 545. The zero-order chi connectivity index (χ0) is 16.7. The maximum Gasteiger partial charge on any atom is 0.309 e. The summed E-state index contributed by atoms with van der Waals surface area (Å²) in [5.41, 5.74) is 0. The second-order valence-corrected chi connectivity index (χ2v) is 7.24. The van der Waals surface area contributed by atoms with Crippen LogP contribution in [-0.4, -0.2) is 50.1 Å². The monoisotopic (exact) mass is 485 g/mol. The Labute approximate surface area is 169 Å². The summed E-state index contributed by atoms with van der Waals surface area (Å²) in [5.74, 6) is 0.859. The van der Waals surface area contributed by atoms with Crippen molar-refractivity contribution < 1.29 is 9.53 Å². The van der Waals surface area contributed by atoms with Crippen molar-refractivity contribution in [3.8, 4) is 0 Å². The van der Waals surface area contributed by atoms with Crippen molar-refractivity contribution in [1.29, 1.82) is 0 Å². The molecule has 0 saturated carbocycles. The van der Waals surface area contributed by atoms with Crippen LogP contribution in [0.4, 0.5) is 0 Å². The lowest BCUT2D eigenvalue weighted by Crippen LogP contribution is -2.47. The molecule has 2 rings (SSSR count). The van der Waals surface area contributed by atoms with Crippen molar-refractivity contribution >= 4 is 58.8 Å². The van der Waals surface area contributed by atoms with Gasteiger partial charge < -0.3 is 15.0 Å². The largest absolute Gasteiger partial charge is 0.466 e. The normalized spacial score (nSPS) is 15.8. The van der Waals surface area contributed by atoms with Crippen molar-refractivity contribution in [2.24, 2.45) is 10.9 Å². The minimum absolute atomic E-state index is 0. The van der Waals surface area contributed by atoms with E-state index in [4.69, 9.17) is 16.3 Å². The molecule has 0 atom stereocenters. The van der Waals surface area contributed by atoms with E-state index in [1.54, 1.807) is 18.4 Å². The summed E-state index contributed by atoms with van der Waals surface area (Å²) in [4.78, 5) is 19.6. The van der Waals surface area contributed by atoms with Crippen molar-refractivity contribution in [2.75, 3.05) is 33.3 Å². The van der Waals surface area contributed by atoms with Gasteiger partial charge in [-0.25, -0.2) is 0 Å². The Balaban J connectivity index is 0.00000288. The van der Waals surface area contributed by atoms with E-state index >= 15 is 0 Å². The zero-order valence-electron chi connectivity index (χ0n) is 14.1. The SMILES string of the molecule is CCOC(=O)C1CCN(C(=NC)NCCc2ccc(Cl)s2)CC1.I. The van der Waals surface area contributed by atoms with Crippen molar-refractivity contribution in [3.05, 3.63) is 21.3 Å². The molecular weight excluding hydrogens is 461 g/mol. The molecule has 1 fully saturated rings. The van der Waals surface area contributed by atoms with Crippen LogP contribution < -0.4 is 5.32 Å². The average Bonchev–Trinajstić information content (AvgIpc) is 2.97. The second-order valence-electron chi connectivity index (χ2n) is 5.44. The van der Waals surface area contributed by atoms with Gasteiger partial charge in [0.05, 0.1) is 16.9 Å². The van der Waals surface area contributed by atoms with Gasteiger partial charge in [0, 0.05) is 31.6 Å². The van der Waals surface area contributed by atoms with Gasteiger partial charge in [0.1, 0.15) is 0 Å². The number of carbonyl (C=O) groups is 1. The first-order valence-corrected chi connectivity index (χ1v) is 9.20. The lowest BCUT2D eigenvalue weighted by molar-refractivity contribution is -0.149.